The highest BCUT2D eigenvalue weighted by Crippen LogP contribution is 2.50. The van der Waals surface area contributed by atoms with Crippen molar-refractivity contribution in [2.75, 3.05) is 7.11 Å². The van der Waals surface area contributed by atoms with Crippen LogP contribution in [0, 0.1) is 0 Å². The van der Waals surface area contributed by atoms with Crippen LogP contribution in [0.2, 0.25) is 0 Å². The van der Waals surface area contributed by atoms with E-state index in [-0.39, 0.29) is 5.92 Å². The summed E-state index contributed by atoms with van der Waals surface area (Å²) in [6.07, 6.45) is 0. The van der Waals surface area contributed by atoms with Crippen LogP contribution in [0.5, 0.6) is 5.75 Å². The standard InChI is InChI=1S/C24H18O/c1-25-18-13-10-17(11-14-18)23-21-9-5-4-8-20(21)22-15-12-16-6-2-3-7-19(16)24(22)23/h2-15,23H,1H3. The van der Waals surface area contributed by atoms with E-state index in [0.717, 1.165) is 5.75 Å². The summed E-state index contributed by atoms with van der Waals surface area (Å²) in [5.74, 6) is 1.16. The van der Waals surface area contributed by atoms with E-state index in [0.29, 0.717) is 0 Å². The SMILES string of the molecule is COc1ccc(C2c3ccccc3-c3ccc4ccccc4c32)cc1. The molecule has 1 heteroatoms. The number of rotatable bonds is 2. The van der Waals surface area contributed by atoms with E-state index in [1.165, 1.54) is 38.6 Å². The largest absolute Gasteiger partial charge is 0.497 e. The molecule has 120 valence electrons. The number of ether oxygens (including phenoxy) is 1. The fraction of sp³-hybridized carbons (Fsp3) is 0.0833. The molecule has 4 aromatic carbocycles. The molecule has 0 bridgehead atoms. The van der Waals surface area contributed by atoms with Crippen molar-refractivity contribution in [2.24, 2.45) is 0 Å². The fourth-order valence-electron chi connectivity index (χ4n) is 4.13. The van der Waals surface area contributed by atoms with E-state index in [1.54, 1.807) is 7.11 Å². The van der Waals surface area contributed by atoms with Crippen molar-refractivity contribution in [3.8, 4) is 16.9 Å². The van der Waals surface area contributed by atoms with Gasteiger partial charge in [0.1, 0.15) is 5.75 Å². The van der Waals surface area contributed by atoms with Gasteiger partial charge >= 0.3 is 0 Å². The van der Waals surface area contributed by atoms with Crippen molar-refractivity contribution < 1.29 is 4.74 Å². The van der Waals surface area contributed by atoms with Crippen LogP contribution < -0.4 is 4.74 Å². The maximum Gasteiger partial charge on any atom is 0.118 e. The lowest BCUT2D eigenvalue weighted by Gasteiger charge is -2.17. The first-order valence-electron chi connectivity index (χ1n) is 8.62. The van der Waals surface area contributed by atoms with Crippen LogP contribution in [0.1, 0.15) is 22.6 Å². The first kappa shape index (κ1) is 14.3. The van der Waals surface area contributed by atoms with Gasteiger partial charge in [-0.15, -0.1) is 0 Å². The Kier molecular flexibility index (Phi) is 3.14. The molecule has 25 heavy (non-hydrogen) atoms. The summed E-state index contributed by atoms with van der Waals surface area (Å²) in [6, 6.07) is 30.5. The zero-order valence-electron chi connectivity index (χ0n) is 14.1. The number of hydrogen-bond acceptors (Lipinski definition) is 1. The van der Waals surface area contributed by atoms with E-state index >= 15 is 0 Å². The Morgan fingerprint density at radius 3 is 2.28 bits per heavy atom. The predicted octanol–water partition coefficient (Wildman–Crippen LogP) is 6.01. The average Bonchev–Trinajstić information content (AvgIpc) is 3.03. The third-order valence-corrected chi connectivity index (χ3v) is 5.27. The molecule has 0 saturated carbocycles. The average molecular weight is 322 g/mol. The van der Waals surface area contributed by atoms with E-state index in [2.05, 4.69) is 84.9 Å². The molecular formula is C24H18O. The van der Waals surface area contributed by atoms with Gasteiger partial charge in [-0.2, -0.15) is 0 Å². The number of methoxy groups -OCH3 is 1. The molecule has 0 fully saturated rings. The molecular weight excluding hydrogens is 304 g/mol. The van der Waals surface area contributed by atoms with Crippen molar-refractivity contribution in [2.45, 2.75) is 5.92 Å². The highest BCUT2D eigenvalue weighted by molar-refractivity contribution is 5.97. The van der Waals surface area contributed by atoms with Crippen LogP contribution in [-0.2, 0) is 0 Å². The van der Waals surface area contributed by atoms with Crippen molar-refractivity contribution >= 4 is 10.8 Å². The molecule has 0 amide bonds. The smallest absolute Gasteiger partial charge is 0.118 e. The molecule has 0 radical (unpaired) electrons. The fourth-order valence-corrected chi connectivity index (χ4v) is 4.13. The molecule has 1 nitrogen and oxygen atoms in total. The molecule has 1 aliphatic rings. The molecule has 0 N–H and O–H groups in total. The Morgan fingerprint density at radius 1 is 0.680 bits per heavy atom. The summed E-state index contributed by atoms with van der Waals surface area (Å²) in [5, 5.41) is 2.64. The normalized spacial score (nSPS) is 15.0. The Morgan fingerprint density at radius 2 is 1.44 bits per heavy atom. The second-order valence-electron chi connectivity index (χ2n) is 6.54. The van der Waals surface area contributed by atoms with Gasteiger partial charge in [-0.25, -0.2) is 0 Å². The molecule has 1 atom stereocenters. The molecule has 5 rings (SSSR count). The zero-order chi connectivity index (χ0) is 16.8. The van der Waals surface area contributed by atoms with E-state index in [4.69, 9.17) is 4.74 Å². The lowest BCUT2D eigenvalue weighted by molar-refractivity contribution is 0.414. The van der Waals surface area contributed by atoms with Gasteiger partial charge in [-0.3, -0.25) is 0 Å². The van der Waals surface area contributed by atoms with Crippen LogP contribution in [0.25, 0.3) is 21.9 Å². The summed E-state index contributed by atoms with van der Waals surface area (Å²) in [6.45, 7) is 0. The van der Waals surface area contributed by atoms with Crippen LogP contribution in [0.4, 0.5) is 0 Å². The minimum absolute atomic E-state index is 0.267. The van der Waals surface area contributed by atoms with Gasteiger partial charge in [0.15, 0.2) is 0 Å². The Hall–Kier alpha value is -3.06. The van der Waals surface area contributed by atoms with E-state index < -0.39 is 0 Å². The molecule has 0 spiro atoms. The highest BCUT2D eigenvalue weighted by atomic mass is 16.5. The van der Waals surface area contributed by atoms with Crippen molar-refractivity contribution in [1.82, 2.24) is 0 Å². The van der Waals surface area contributed by atoms with Crippen LogP contribution in [0.3, 0.4) is 0 Å². The van der Waals surface area contributed by atoms with Crippen LogP contribution >= 0.6 is 0 Å². The van der Waals surface area contributed by atoms with Gasteiger partial charge in [0.2, 0.25) is 0 Å². The van der Waals surface area contributed by atoms with Gasteiger partial charge in [0, 0.05) is 5.92 Å². The molecule has 4 aromatic rings. The lowest BCUT2D eigenvalue weighted by atomic mass is 9.87. The third kappa shape index (κ3) is 2.09. The van der Waals surface area contributed by atoms with E-state index in [9.17, 15) is 0 Å². The van der Waals surface area contributed by atoms with Crippen molar-refractivity contribution in [3.05, 3.63) is 102 Å². The third-order valence-electron chi connectivity index (χ3n) is 5.27. The van der Waals surface area contributed by atoms with Gasteiger partial charge in [0.25, 0.3) is 0 Å². The quantitative estimate of drug-likeness (QED) is 0.387. The number of fused-ring (bicyclic) bond motifs is 5. The zero-order valence-corrected chi connectivity index (χ0v) is 14.1. The summed E-state index contributed by atoms with van der Waals surface area (Å²) in [5.41, 5.74) is 6.83. The number of benzene rings is 4. The van der Waals surface area contributed by atoms with Crippen LogP contribution in [-0.4, -0.2) is 7.11 Å². The second-order valence-corrected chi connectivity index (χ2v) is 6.54. The lowest BCUT2D eigenvalue weighted by Crippen LogP contribution is -2.00. The Labute approximate surface area is 147 Å². The van der Waals surface area contributed by atoms with Crippen molar-refractivity contribution in [1.29, 1.82) is 0 Å². The first-order chi connectivity index (χ1) is 12.4. The van der Waals surface area contributed by atoms with Gasteiger partial charge in [-0.1, -0.05) is 72.8 Å². The predicted molar refractivity (Wildman–Crippen MR) is 103 cm³/mol. The van der Waals surface area contributed by atoms with Gasteiger partial charge in [0.05, 0.1) is 7.11 Å². The molecule has 1 aliphatic carbocycles. The van der Waals surface area contributed by atoms with Gasteiger partial charge in [-0.05, 0) is 50.7 Å². The maximum absolute atomic E-state index is 5.34. The summed E-state index contributed by atoms with van der Waals surface area (Å²) in [4.78, 5) is 0. The topological polar surface area (TPSA) is 9.23 Å². The maximum atomic E-state index is 5.34. The Bertz CT molecular complexity index is 1080. The van der Waals surface area contributed by atoms with Crippen LogP contribution in [0.15, 0.2) is 84.9 Å². The molecule has 0 heterocycles. The summed E-state index contributed by atoms with van der Waals surface area (Å²) >= 11 is 0. The molecule has 1 unspecified atom stereocenters. The van der Waals surface area contributed by atoms with Gasteiger partial charge < -0.3 is 4.74 Å². The highest BCUT2D eigenvalue weighted by Gasteiger charge is 2.31. The first-order valence-corrected chi connectivity index (χ1v) is 8.62. The van der Waals surface area contributed by atoms with E-state index in [1.807, 2.05) is 0 Å². The van der Waals surface area contributed by atoms with Crippen molar-refractivity contribution in [3.63, 3.8) is 0 Å². The molecule has 0 saturated heterocycles. The molecule has 0 aliphatic heterocycles. The summed E-state index contributed by atoms with van der Waals surface area (Å²) < 4.78 is 5.34. The monoisotopic (exact) mass is 322 g/mol. The molecule has 0 aromatic heterocycles. The Balaban J connectivity index is 1.82. The minimum Gasteiger partial charge on any atom is -0.497 e. The minimum atomic E-state index is 0.267. The second kappa shape index (κ2) is 5.49. The summed E-state index contributed by atoms with van der Waals surface area (Å²) in [7, 11) is 1.71. The number of hydrogen-bond donors (Lipinski definition) is 0.